The van der Waals surface area contributed by atoms with Gasteiger partial charge in [0.1, 0.15) is 0 Å². The summed E-state index contributed by atoms with van der Waals surface area (Å²) in [5, 5.41) is 0. The highest BCUT2D eigenvalue weighted by atomic mass is 16.5. The van der Waals surface area contributed by atoms with Gasteiger partial charge in [0.25, 0.3) is 0 Å². The van der Waals surface area contributed by atoms with Gasteiger partial charge < -0.3 is 9.64 Å². The summed E-state index contributed by atoms with van der Waals surface area (Å²) in [6.07, 6.45) is 8.14. The van der Waals surface area contributed by atoms with E-state index in [-0.39, 0.29) is 0 Å². The molecule has 0 aromatic heterocycles. The van der Waals surface area contributed by atoms with E-state index in [0.717, 1.165) is 31.3 Å². The molecule has 3 heterocycles. The molecule has 3 nitrogen and oxygen atoms in total. The molecule has 3 saturated heterocycles. The maximum Gasteiger partial charge on any atom is 0.0480 e. The van der Waals surface area contributed by atoms with Gasteiger partial charge in [-0.05, 0) is 45.7 Å². The molecule has 3 aliphatic heterocycles. The Kier molecular flexibility index (Phi) is 3.69. The number of hydrogen-bond acceptors (Lipinski definition) is 3. The Morgan fingerprint density at radius 1 is 0.882 bits per heavy atom. The maximum atomic E-state index is 5.50. The molecular weight excluding hydrogens is 212 g/mol. The van der Waals surface area contributed by atoms with Gasteiger partial charge in [-0.3, -0.25) is 4.90 Å². The molecule has 0 unspecified atom stereocenters. The van der Waals surface area contributed by atoms with Crippen molar-refractivity contribution in [1.82, 2.24) is 9.80 Å². The van der Waals surface area contributed by atoms with Crippen LogP contribution in [-0.2, 0) is 4.74 Å². The maximum absolute atomic E-state index is 5.50. The Morgan fingerprint density at radius 3 is 2.53 bits per heavy atom. The second-order valence-corrected chi connectivity index (χ2v) is 5.98. The van der Waals surface area contributed by atoms with Crippen LogP contribution < -0.4 is 0 Å². The predicted molar refractivity (Wildman–Crippen MR) is 69.2 cm³/mol. The highest BCUT2D eigenvalue weighted by Gasteiger charge is 2.40. The van der Waals surface area contributed by atoms with Crippen LogP contribution in [0, 0.1) is 0 Å². The Labute approximate surface area is 105 Å². The smallest absolute Gasteiger partial charge is 0.0480 e. The molecule has 0 spiro atoms. The third-order valence-electron chi connectivity index (χ3n) is 5.04. The van der Waals surface area contributed by atoms with Gasteiger partial charge in [-0.1, -0.05) is 6.42 Å². The van der Waals surface area contributed by atoms with Gasteiger partial charge in [0.05, 0.1) is 0 Å². The zero-order valence-corrected chi connectivity index (χ0v) is 11.1. The minimum absolute atomic E-state index is 0.810. The van der Waals surface area contributed by atoms with Crippen molar-refractivity contribution in [2.75, 3.05) is 33.4 Å². The largest absolute Gasteiger partial charge is 0.381 e. The summed E-state index contributed by atoms with van der Waals surface area (Å²) < 4.78 is 5.50. The van der Waals surface area contributed by atoms with Crippen LogP contribution in [0.4, 0.5) is 0 Å². The lowest BCUT2D eigenvalue weighted by molar-refractivity contribution is 0.0231. The molecule has 0 N–H and O–H groups in total. The van der Waals surface area contributed by atoms with Gasteiger partial charge in [-0.15, -0.1) is 0 Å². The molecule has 98 valence electrons. The van der Waals surface area contributed by atoms with E-state index in [2.05, 4.69) is 16.8 Å². The topological polar surface area (TPSA) is 15.7 Å². The summed E-state index contributed by atoms with van der Waals surface area (Å²) in [6, 6.07) is 2.48. The first-order valence-electron chi connectivity index (χ1n) is 7.40. The molecule has 0 bridgehead atoms. The third kappa shape index (κ3) is 2.38. The second-order valence-electron chi connectivity index (χ2n) is 5.98. The van der Waals surface area contributed by atoms with Crippen LogP contribution in [0.5, 0.6) is 0 Å². The minimum atomic E-state index is 0.810. The van der Waals surface area contributed by atoms with E-state index >= 15 is 0 Å². The fourth-order valence-corrected chi connectivity index (χ4v) is 4.08. The van der Waals surface area contributed by atoms with Gasteiger partial charge in [0, 0.05) is 37.9 Å². The van der Waals surface area contributed by atoms with Gasteiger partial charge in [-0.2, -0.15) is 0 Å². The van der Waals surface area contributed by atoms with Crippen LogP contribution in [-0.4, -0.2) is 61.3 Å². The van der Waals surface area contributed by atoms with E-state index in [1.807, 2.05) is 0 Å². The summed E-state index contributed by atoms with van der Waals surface area (Å²) in [5.74, 6) is 0. The third-order valence-corrected chi connectivity index (χ3v) is 5.04. The number of likely N-dealkylation sites (N-methyl/N-ethyl adjacent to an activating group) is 1. The van der Waals surface area contributed by atoms with Crippen molar-refractivity contribution in [2.45, 2.75) is 56.7 Å². The summed E-state index contributed by atoms with van der Waals surface area (Å²) >= 11 is 0. The SMILES string of the molecule is CN1CCCC[C@@H]2[C@H]1CCN2C1CCOCC1. The second kappa shape index (κ2) is 5.25. The van der Waals surface area contributed by atoms with E-state index in [1.165, 1.54) is 51.6 Å². The van der Waals surface area contributed by atoms with Gasteiger partial charge in [0.15, 0.2) is 0 Å². The Hall–Kier alpha value is -0.120. The molecule has 17 heavy (non-hydrogen) atoms. The van der Waals surface area contributed by atoms with E-state index in [9.17, 15) is 0 Å². The number of fused-ring (bicyclic) bond motifs is 1. The first-order valence-corrected chi connectivity index (χ1v) is 7.40. The normalized spacial score (nSPS) is 37.9. The molecule has 3 heteroatoms. The number of ether oxygens (including phenoxy) is 1. The number of nitrogens with zero attached hydrogens (tertiary/aromatic N) is 2. The molecule has 2 atom stereocenters. The van der Waals surface area contributed by atoms with Crippen LogP contribution in [0.15, 0.2) is 0 Å². The van der Waals surface area contributed by atoms with Crippen molar-refractivity contribution in [3.8, 4) is 0 Å². The number of likely N-dealkylation sites (tertiary alicyclic amines) is 2. The monoisotopic (exact) mass is 238 g/mol. The summed E-state index contributed by atoms with van der Waals surface area (Å²) in [7, 11) is 2.33. The fourth-order valence-electron chi connectivity index (χ4n) is 4.08. The van der Waals surface area contributed by atoms with E-state index in [0.29, 0.717) is 0 Å². The lowest BCUT2D eigenvalue weighted by Crippen LogP contribution is -2.47. The first kappa shape index (κ1) is 11.9. The van der Waals surface area contributed by atoms with E-state index in [1.54, 1.807) is 0 Å². The average molecular weight is 238 g/mol. The Bertz CT molecular complexity index is 253. The lowest BCUT2D eigenvalue weighted by atomic mass is 10.0. The fraction of sp³-hybridized carbons (Fsp3) is 1.00. The molecule has 0 amide bonds. The highest BCUT2D eigenvalue weighted by Crippen LogP contribution is 2.32. The number of rotatable bonds is 1. The van der Waals surface area contributed by atoms with E-state index < -0.39 is 0 Å². The zero-order chi connectivity index (χ0) is 11.7. The van der Waals surface area contributed by atoms with Gasteiger partial charge in [-0.25, -0.2) is 0 Å². The zero-order valence-electron chi connectivity index (χ0n) is 11.1. The van der Waals surface area contributed by atoms with Gasteiger partial charge >= 0.3 is 0 Å². The highest BCUT2D eigenvalue weighted by molar-refractivity contribution is 4.97. The molecule has 0 radical (unpaired) electrons. The summed E-state index contributed by atoms with van der Waals surface area (Å²) in [5.41, 5.74) is 0. The lowest BCUT2D eigenvalue weighted by Gasteiger charge is -2.37. The number of hydrogen-bond donors (Lipinski definition) is 0. The van der Waals surface area contributed by atoms with Crippen LogP contribution in [0.3, 0.4) is 0 Å². The van der Waals surface area contributed by atoms with Crippen molar-refractivity contribution in [3.05, 3.63) is 0 Å². The Balaban J connectivity index is 1.69. The van der Waals surface area contributed by atoms with E-state index in [4.69, 9.17) is 4.74 Å². The van der Waals surface area contributed by atoms with Crippen LogP contribution in [0.2, 0.25) is 0 Å². The molecular formula is C14H26N2O. The predicted octanol–water partition coefficient (Wildman–Crippen LogP) is 1.72. The average Bonchev–Trinajstić information content (AvgIpc) is 2.71. The first-order chi connectivity index (χ1) is 8.36. The van der Waals surface area contributed by atoms with Crippen molar-refractivity contribution in [1.29, 1.82) is 0 Å². The molecule has 0 aliphatic carbocycles. The van der Waals surface area contributed by atoms with Crippen molar-refractivity contribution in [3.63, 3.8) is 0 Å². The summed E-state index contributed by atoms with van der Waals surface area (Å²) in [4.78, 5) is 5.45. The molecule has 0 aromatic carbocycles. The van der Waals surface area contributed by atoms with Crippen LogP contribution >= 0.6 is 0 Å². The quantitative estimate of drug-likeness (QED) is 0.692. The molecule has 3 rings (SSSR count). The standard InChI is InChI=1S/C14H26N2O/c1-15-8-3-2-4-14-13(15)5-9-16(14)12-6-10-17-11-7-12/h12-14H,2-11H2,1H3/t13-,14-/m1/s1. The summed E-state index contributed by atoms with van der Waals surface area (Å²) in [6.45, 7) is 4.59. The van der Waals surface area contributed by atoms with Gasteiger partial charge in [0.2, 0.25) is 0 Å². The van der Waals surface area contributed by atoms with Crippen molar-refractivity contribution < 1.29 is 4.74 Å². The minimum Gasteiger partial charge on any atom is -0.381 e. The Morgan fingerprint density at radius 2 is 1.71 bits per heavy atom. The van der Waals surface area contributed by atoms with Crippen LogP contribution in [0.1, 0.15) is 38.5 Å². The molecule has 3 aliphatic rings. The van der Waals surface area contributed by atoms with Crippen LogP contribution in [0.25, 0.3) is 0 Å². The van der Waals surface area contributed by atoms with Crippen molar-refractivity contribution in [2.24, 2.45) is 0 Å². The molecule has 0 aromatic rings. The molecule has 0 saturated carbocycles. The van der Waals surface area contributed by atoms with Crippen molar-refractivity contribution >= 4 is 0 Å². The molecule has 3 fully saturated rings.